The molecule has 5 nitrogen and oxygen atoms in total. The van der Waals surface area contributed by atoms with E-state index in [2.05, 4.69) is 33.5 Å². The second-order valence-corrected chi connectivity index (χ2v) is 4.09. The van der Waals surface area contributed by atoms with Crippen LogP contribution in [0.1, 0.15) is 11.8 Å². The van der Waals surface area contributed by atoms with Gasteiger partial charge < -0.3 is 0 Å². The Morgan fingerprint density at radius 1 is 1.50 bits per heavy atom. The lowest BCUT2D eigenvalue weighted by atomic mass is 10.3. The summed E-state index contributed by atoms with van der Waals surface area (Å²) in [5, 5.41) is 12.4. The van der Waals surface area contributed by atoms with Gasteiger partial charge in [0.1, 0.15) is 11.2 Å². The predicted molar refractivity (Wildman–Crippen MR) is 53.3 cm³/mol. The van der Waals surface area contributed by atoms with E-state index < -0.39 is 0 Å². The molecule has 3 aromatic heterocycles. The zero-order valence-electron chi connectivity index (χ0n) is 7.51. The summed E-state index contributed by atoms with van der Waals surface area (Å²) < 4.78 is 1.59. The lowest BCUT2D eigenvalue weighted by molar-refractivity contribution is 0.813. The summed E-state index contributed by atoms with van der Waals surface area (Å²) in [4.78, 5) is 6.60. The molecule has 0 aliphatic rings. The summed E-state index contributed by atoms with van der Waals surface area (Å²) in [6.07, 6.45) is 2.67. The topological polar surface area (TPSA) is 56.0 Å². The van der Waals surface area contributed by atoms with Crippen molar-refractivity contribution in [1.29, 1.82) is 0 Å². The van der Waals surface area contributed by atoms with Crippen LogP contribution in [0.25, 0.3) is 15.9 Å². The first-order valence-corrected chi connectivity index (χ1v) is 5.15. The minimum Gasteiger partial charge on any atom is -0.225 e. The second-order valence-electron chi connectivity index (χ2n) is 2.98. The molecule has 0 bridgehead atoms. The molecule has 0 N–H and O–H groups in total. The first kappa shape index (κ1) is 7.81. The van der Waals surface area contributed by atoms with Crippen LogP contribution in [-0.2, 0) is 6.42 Å². The van der Waals surface area contributed by atoms with E-state index in [0.717, 1.165) is 22.3 Å². The molecule has 0 aliphatic heterocycles. The number of thiophene rings is 1. The first-order valence-electron chi connectivity index (χ1n) is 4.33. The van der Waals surface area contributed by atoms with Gasteiger partial charge in [0.05, 0.1) is 5.39 Å². The fourth-order valence-corrected chi connectivity index (χ4v) is 2.35. The van der Waals surface area contributed by atoms with Gasteiger partial charge in [-0.05, 0) is 22.9 Å². The average Bonchev–Trinajstić information content (AvgIpc) is 2.82. The van der Waals surface area contributed by atoms with Crippen molar-refractivity contribution in [3.8, 4) is 0 Å². The van der Waals surface area contributed by atoms with Crippen LogP contribution < -0.4 is 0 Å². The molecule has 70 valence electrons. The largest absolute Gasteiger partial charge is 0.225 e. The highest BCUT2D eigenvalue weighted by Gasteiger charge is 2.07. The van der Waals surface area contributed by atoms with Gasteiger partial charge >= 0.3 is 0 Å². The highest BCUT2D eigenvalue weighted by atomic mass is 32.1. The molecule has 0 atom stereocenters. The summed E-state index contributed by atoms with van der Waals surface area (Å²) in [7, 11) is 0. The van der Waals surface area contributed by atoms with Gasteiger partial charge in [0.25, 0.3) is 0 Å². The van der Waals surface area contributed by atoms with Crippen LogP contribution in [-0.4, -0.2) is 25.0 Å². The molecule has 3 aromatic rings. The summed E-state index contributed by atoms with van der Waals surface area (Å²) in [6.45, 7) is 2.13. The number of nitrogens with zero attached hydrogens (tertiary/aromatic N) is 5. The highest BCUT2D eigenvalue weighted by molar-refractivity contribution is 7.18. The van der Waals surface area contributed by atoms with Crippen LogP contribution in [0.15, 0.2) is 12.4 Å². The van der Waals surface area contributed by atoms with Gasteiger partial charge in [-0.15, -0.1) is 16.4 Å². The highest BCUT2D eigenvalue weighted by Crippen LogP contribution is 2.25. The van der Waals surface area contributed by atoms with Crippen LogP contribution in [0, 0.1) is 0 Å². The van der Waals surface area contributed by atoms with Gasteiger partial charge in [-0.3, -0.25) is 0 Å². The van der Waals surface area contributed by atoms with Crippen LogP contribution >= 0.6 is 11.3 Å². The van der Waals surface area contributed by atoms with E-state index in [0.29, 0.717) is 0 Å². The van der Waals surface area contributed by atoms with Crippen molar-refractivity contribution in [2.24, 2.45) is 0 Å². The van der Waals surface area contributed by atoms with Gasteiger partial charge in [-0.25, -0.2) is 4.98 Å². The molecular weight excluding hydrogens is 198 g/mol. The molecule has 0 spiro atoms. The van der Waals surface area contributed by atoms with Gasteiger partial charge in [0.2, 0.25) is 0 Å². The van der Waals surface area contributed by atoms with Crippen molar-refractivity contribution < 1.29 is 0 Å². The molecule has 3 heterocycles. The third kappa shape index (κ3) is 0.941. The number of aryl methyl sites for hydroxylation is 1. The first-order chi connectivity index (χ1) is 6.88. The monoisotopic (exact) mass is 205 g/mol. The van der Waals surface area contributed by atoms with Crippen molar-refractivity contribution in [2.75, 3.05) is 0 Å². The molecule has 0 unspecified atom stereocenters. The number of hydrogen-bond acceptors (Lipinski definition) is 5. The Balaban J connectivity index is 2.49. The van der Waals surface area contributed by atoms with Gasteiger partial charge in [-0.2, -0.15) is 4.52 Å². The minimum atomic E-state index is 0.783. The summed E-state index contributed by atoms with van der Waals surface area (Å²) in [5.74, 6) is 0. The van der Waals surface area contributed by atoms with Crippen molar-refractivity contribution in [3.05, 3.63) is 17.3 Å². The standard InChI is InChI=1S/C8H7N5S/c1-2-5-3-6-7-10-11-12-13(7)4-9-8(6)14-5/h3-4H,2H2,1H3. The average molecular weight is 205 g/mol. The zero-order valence-corrected chi connectivity index (χ0v) is 8.32. The van der Waals surface area contributed by atoms with E-state index in [4.69, 9.17) is 0 Å². The summed E-state index contributed by atoms with van der Waals surface area (Å²) in [5.41, 5.74) is 0.783. The lowest BCUT2D eigenvalue weighted by Crippen LogP contribution is -1.88. The molecule has 3 rings (SSSR count). The van der Waals surface area contributed by atoms with Crippen LogP contribution in [0.4, 0.5) is 0 Å². The van der Waals surface area contributed by atoms with Gasteiger partial charge in [-0.1, -0.05) is 6.92 Å². The Hall–Kier alpha value is -1.56. The van der Waals surface area contributed by atoms with E-state index in [1.54, 1.807) is 22.2 Å². The molecule has 14 heavy (non-hydrogen) atoms. The third-order valence-corrected chi connectivity index (χ3v) is 3.32. The quantitative estimate of drug-likeness (QED) is 0.600. The summed E-state index contributed by atoms with van der Waals surface area (Å²) in [6, 6.07) is 2.11. The molecule has 0 aromatic carbocycles. The van der Waals surface area contributed by atoms with Gasteiger partial charge in [0, 0.05) is 4.88 Å². The zero-order chi connectivity index (χ0) is 9.54. The van der Waals surface area contributed by atoms with Crippen LogP contribution in [0.3, 0.4) is 0 Å². The molecule has 0 saturated heterocycles. The number of hydrogen-bond donors (Lipinski definition) is 0. The van der Waals surface area contributed by atoms with E-state index in [9.17, 15) is 0 Å². The Kier molecular flexibility index (Phi) is 1.51. The maximum absolute atomic E-state index is 4.29. The van der Waals surface area contributed by atoms with E-state index in [1.165, 1.54) is 4.88 Å². The Morgan fingerprint density at radius 2 is 2.43 bits per heavy atom. The van der Waals surface area contributed by atoms with Crippen molar-refractivity contribution in [3.63, 3.8) is 0 Å². The van der Waals surface area contributed by atoms with Crippen molar-refractivity contribution in [1.82, 2.24) is 25.0 Å². The molecule has 6 heteroatoms. The second kappa shape index (κ2) is 2.71. The van der Waals surface area contributed by atoms with Crippen LogP contribution in [0.5, 0.6) is 0 Å². The predicted octanol–water partition coefficient (Wildman–Crippen LogP) is 1.30. The van der Waals surface area contributed by atoms with Gasteiger partial charge in [0.15, 0.2) is 5.65 Å². The van der Waals surface area contributed by atoms with E-state index in [-0.39, 0.29) is 0 Å². The van der Waals surface area contributed by atoms with E-state index in [1.807, 2.05) is 0 Å². The molecule has 0 radical (unpaired) electrons. The maximum atomic E-state index is 4.29. The minimum absolute atomic E-state index is 0.783. The third-order valence-electron chi connectivity index (χ3n) is 2.13. The Bertz CT molecular complexity index is 596. The maximum Gasteiger partial charge on any atom is 0.191 e. The van der Waals surface area contributed by atoms with Crippen molar-refractivity contribution in [2.45, 2.75) is 13.3 Å². The molecule has 0 fully saturated rings. The molecule has 0 amide bonds. The number of tetrazole rings is 1. The fraction of sp³-hybridized carbons (Fsp3) is 0.250. The van der Waals surface area contributed by atoms with Crippen LogP contribution in [0.2, 0.25) is 0 Å². The number of aromatic nitrogens is 5. The Morgan fingerprint density at radius 3 is 3.29 bits per heavy atom. The van der Waals surface area contributed by atoms with Crippen molar-refractivity contribution >= 4 is 27.2 Å². The fourth-order valence-electron chi connectivity index (χ4n) is 1.42. The SMILES string of the molecule is CCc1cc2c(ncn3nnnc23)s1. The number of fused-ring (bicyclic) bond motifs is 3. The lowest BCUT2D eigenvalue weighted by Gasteiger charge is -1.88. The normalized spacial score (nSPS) is 11.5. The smallest absolute Gasteiger partial charge is 0.191 e. The summed E-state index contributed by atoms with van der Waals surface area (Å²) >= 11 is 1.70. The molecule has 0 saturated carbocycles. The Labute approximate surface area is 83.4 Å². The number of rotatable bonds is 1. The molecule has 0 aliphatic carbocycles. The molecular formula is C8H7N5S. The van der Waals surface area contributed by atoms with E-state index >= 15 is 0 Å².